The summed E-state index contributed by atoms with van der Waals surface area (Å²) in [7, 11) is 0. The van der Waals surface area contributed by atoms with Crippen LogP contribution in [0.3, 0.4) is 0 Å². The fourth-order valence-corrected chi connectivity index (χ4v) is 11.2. The lowest BCUT2D eigenvalue weighted by Gasteiger charge is -2.19. The first kappa shape index (κ1) is 44.3. The molecule has 0 radical (unpaired) electrons. The van der Waals surface area contributed by atoms with Gasteiger partial charge in [0.05, 0.1) is 5.69 Å². The van der Waals surface area contributed by atoms with Crippen molar-refractivity contribution in [3.05, 3.63) is 247 Å². The van der Waals surface area contributed by atoms with E-state index >= 15 is 0 Å². The molecule has 1 nitrogen and oxygen atoms in total. The maximum atomic E-state index is 5.13. The average Bonchev–Trinajstić information content (AvgIpc) is 3.46. The predicted molar refractivity (Wildman–Crippen MR) is 313 cm³/mol. The Morgan fingerprint density at radius 1 is 0.264 bits per heavy atom. The van der Waals surface area contributed by atoms with Crippen LogP contribution in [0.4, 0.5) is 0 Å². The molecule has 0 N–H and O–H groups in total. The monoisotopic (exact) mass is 919 g/mol. The molecule has 72 heavy (non-hydrogen) atoms. The Bertz CT molecular complexity index is 4290. The van der Waals surface area contributed by atoms with Gasteiger partial charge in [-0.2, -0.15) is 0 Å². The van der Waals surface area contributed by atoms with Crippen LogP contribution >= 0.6 is 0 Å². The molecular weight excluding hydrogens is 867 g/mol. The minimum Gasteiger partial charge on any atom is -0.256 e. The number of aromatic nitrogens is 1. The molecule has 1 heterocycles. The molecule has 342 valence electrons. The summed E-state index contributed by atoms with van der Waals surface area (Å²) in [4.78, 5) is 5.13. The quantitative estimate of drug-likeness (QED) is 0.151. The molecule has 0 atom stereocenters. The lowest BCUT2D eigenvalue weighted by Crippen LogP contribution is -2.23. The van der Waals surface area contributed by atoms with Gasteiger partial charge in [-0.15, -0.1) is 0 Å². The molecule has 0 bridgehead atoms. The normalized spacial score (nSPS) is 12.1. The second-order valence-corrected chi connectivity index (χ2v) is 18.5. The molecule has 0 unspecified atom stereocenters. The standard InChI is InChI=1S/C69H47N.C2H6/c1-3-44-25-32-53(39-45(44)4-2)67-59-21-11-9-19-57(59)66(58-20-10-12-22-60(58)67)49-30-28-48(29-31-49)65-38-36-56(43-70-65)52-35-37-63-64(42-52)69(55-34-27-47-16-6-8-18-51(47)41-55)62-24-14-13-23-61(62)68(63)54-33-26-46-15-5-7-17-50(46)40-54;1-2/h3-43H,1-2H3;1-2H3/b44-3-,45-4-;. The van der Waals surface area contributed by atoms with Crippen LogP contribution in [0.15, 0.2) is 237 Å². The number of hydrogen-bond donors (Lipinski definition) is 0. The van der Waals surface area contributed by atoms with E-state index < -0.39 is 0 Å². The summed E-state index contributed by atoms with van der Waals surface area (Å²) in [5.74, 6) is 0. The van der Waals surface area contributed by atoms with Gasteiger partial charge in [0, 0.05) is 17.3 Å². The molecule has 0 spiro atoms. The third-order valence-electron chi connectivity index (χ3n) is 14.6. The summed E-state index contributed by atoms with van der Waals surface area (Å²) in [6, 6.07) is 85.0. The first-order valence-corrected chi connectivity index (χ1v) is 25.3. The SMILES string of the molecule is C/C=c1/ccc(-c2c3ccccc3c(-c3ccc(-c4ccc(-c5ccc6c(-c7ccc8ccccc8c7)c7ccccc7c(-c7ccc8ccccc8c7)c6c5)cn4)cc3)c3ccccc23)c/c1=C/C.CC. The van der Waals surface area contributed by atoms with E-state index in [1.807, 2.05) is 20.0 Å². The molecule has 0 saturated heterocycles. The third-order valence-corrected chi connectivity index (χ3v) is 14.6. The summed E-state index contributed by atoms with van der Waals surface area (Å²) in [6.07, 6.45) is 6.43. The molecule has 0 amide bonds. The van der Waals surface area contributed by atoms with Crippen molar-refractivity contribution in [1.82, 2.24) is 4.98 Å². The topological polar surface area (TPSA) is 12.9 Å². The van der Waals surface area contributed by atoms with Crippen LogP contribution in [-0.4, -0.2) is 4.98 Å². The molecule has 0 aliphatic carbocycles. The second kappa shape index (κ2) is 18.8. The maximum absolute atomic E-state index is 5.13. The van der Waals surface area contributed by atoms with E-state index in [0.29, 0.717) is 0 Å². The molecular formula is C71H53N. The van der Waals surface area contributed by atoms with E-state index in [1.165, 1.54) is 120 Å². The van der Waals surface area contributed by atoms with Crippen molar-refractivity contribution in [3.63, 3.8) is 0 Å². The van der Waals surface area contributed by atoms with Crippen LogP contribution in [0.25, 0.3) is 144 Å². The number of fused-ring (bicyclic) bond motifs is 6. The zero-order valence-electron chi connectivity index (χ0n) is 41.1. The summed E-state index contributed by atoms with van der Waals surface area (Å²) in [6.45, 7) is 8.23. The predicted octanol–water partition coefficient (Wildman–Crippen LogP) is 18.6. The van der Waals surface area contributed by atoms with E-state index in [-0.39, 0.29) is 0 Å². The first-order chi connectivity index (χ1) is 35.6. The third kappa shape index (κ3) is 7.62. The van der Waals surface area contributed by atoms with Crippen molar-refractivity contribution in [3.8, 4) is 66.9 Å². The highest BCUT2D eigenvalue weighted by molar-refractivity contribution is 6.23. The van der Waals surface area contributed by atoms with Crippen molar-refractivity contribution < 1.29 is 0 Å². The lowest BCUT2D eigenvalue weighted by molar-refractivity contribution is 1.33. The Labute approximate surface area is 421 Å². The van der Waals surface area contributed by atoms with E-state index in [4.69, 9.17) is 4.98 Å². The number of benzene rings is 12. The van der Waals surface area contributed by atoms with Crippen molar-refractivity contribution >= 4 is 76.8 Å². The van der Waals surface area contributed by atoms with Crippen LogP contribution in [0.2, 0.25) is 0 Å². The number of hydrogen-bond acceptors (Lipinski definition) is 1. The molecule has 1 heteroatoms. The Hall–Kier alpha value is -8.91. The van der Waals surface area contributed by atoms with Crippen molar-refractivity contribution in [2.24, 2.45) is 0 Å². The molecule has 12 aromatic carbocycles. The van der Waals surface area contributed by atoms with Crippen LogP contribution in [0.1, 0.15) is 27.7 Å². The Kier molecular flexibility index (Phi) is 11.6. The van der Waals surface area contributed by atoms with Gasteiger partial charge in [-0.25, -0.2) is 0 Å². The Balaban J connectivity index is 0.00000262. The first-order valence-electron chi connectivity index (χ1n) is 25.3. The molecule has 0 saturated carbocycles. The van der Waals surface area contributed by atoms with E-state index in [1.54, 1.807) is 0 Å². The fraction of sp³-hybridized carbons (Fsp3) is 0.0563. The molecule has 0 aliphatic heterocycles. The van der Waals surface area contributed by atoms with E-state index in [2.05, 4.69) is 257 Å². The molecule has 13 rings (SSSR count). The highest BCUT2D eigenvalue weighted by Gasteiger charge is 2.20. The Morgan fingerprint density at radius 2 is 0.639 bits per heavy atom. The van der Waals surface area contributed by atoms with Crippen molar-refractivity contribution in [1.29, 1.82) is 0 Å². The van der Waals surface area contributed by atoms with Gasteiger partial charge < -0.3 is 0 Å². The zero-order valence-corrected chi connectivity index (χ0v) is 41.1. The number of pyridine rings is 1. The van der Waals surface area contributed by atoms with Gasteiger partial charge in [0.2, 0.25) is 0 Å². The van der Waals surface area contributed by atoms with Gasteiger partial charge in [-0.1, -0.05) is 226 Å². The average molecular weight is 920 g/mol. The van der Waals surface area contributed by atoms with Gasteiger partial charge in [-0.05, 0) is 169 Å². The zero-order chi connectivity index (χ0) is 48.7. The summed E-state index contributed by atoms with van der Waals surface area (Å²) in [5.41, 5.74) is 14.1. The highest BCUT2D eigenvalue weighted by atomic mass is 14.7. The van der Waals surface area contributed by atoms with Gasteiger partial charge in [0.25, 0.3) is 0 Å². The van der Waals surface area contributed by atoms with Gasteiger partial charge >= 0.3 is 0 Å². The van der Waals surface area contributed by atoms with Gasteiger partial charge in [-0.3, -0.25) is 4.98 Å². The van der Waals surface area contributed by atoms with Crippen LogP contribution in [0, 0.1) is 0 Å². The van der Waals surface area contributed by atoms with E-state index in [0.717, 1.165) is 22.4 Å². The highest BCUT2D eigenvalue weighted by Crippen LogP contribution is 2.47. The Morgan fingerprint density at radius 3 is 1.12 bits per heavy atom. The second-order valence-electron chi connectivity index (χ2n) is 18.5. The lowest BCUT2D eigenvalue weighted by atomic mass is 9.84. The minimum absolute atomic E-state index is 0.943. The molecule has 0 fully saturated rings. The van der Waals surface area contributed by atoms with Crippen LogP contribution in [0.5, 0.6) is 0 Å². The summed E-state index contributed by atoms with van der Waals surface area (Å²) < 4.78 is 0. The van der Waals surface area contributed by atoms with Crippen molar-refractivity contribution in [2.75, 3.05) is 0 Å². The largest absolute Gasteiger partial charge is 0.256 e. The van der Waals surface area contributed by atoms with Crippen LogP contribution in [-0.2, 0) is 0 Å². The maximum Gasteiger partial charge on any atom is 0.0702 e. The summed E-state index contributed by atoms with van der Waals surface area (Å²) >= 11 is 0. The minimum atomic E-state index is 0.943. The number of nitrogens with zero attached hydrogens (tertiary/aromatic N) is 1. The smallest absolute Gasteiger partial charge is 0.0702 e. The molecule has 13 aromatic rings. The van der Waals surface area contributed by atoms with E-state index in [9.17, 15) is 0 Å². The molecule has 0 aliphatic rings. The molecule has 1 aromatic heterocycles. The summed E-state index contributed by atoms with van der Waals surface area (Å²) in [5, 5.41) is 17.4. The van der Waals surface area contributed by atoms with Crippen LogP contribution < -0.4 is 10.4 Å². The number of rotatable bonds is 6. The van der Waals surface area contributed by atoms with Gasteiger partial charge in [0.1, 0.15) is 0 Å². The van der Waals surface area contributed by atoms with Crippen molar-refractivity contribution in [2.45, 2.75) is 27.7 Å². The fourth-order valence-electron chi connectivity index (χ4n) is 11.2. The van der Waals surface area contributed by atoms with Gasteiger partial charge in [0.15, 0.2) is 0 Å².